The molecule has 1 saturated heterocycles. The molecule has 4 aliphatic carbocycles. The Bertz CT molecular complexity index is 598. The van der Waals surface area contributed by atoms with Crippen LogP contribution in [-0.2, 0) is 14.4 Å². The Kier molecular flexibility index (Phi) is 5.08. The van der Waals surface area contributed by atoms with E-state index in [4.69, 9.17) is 11.6 Å². The minimum absolute atomic E-state index is 0.147. The van der Waals surface area contributed by atoms with Gasteiger partial charge in [-0.2, -0.15) is 0 Å². The summed E-state index contributed by atoms with van der Waals surface area (Å²) >= 11 is 5.03. The molecule has 0 aromatic carbocycles. The van der Waals surface area contributed by atoms with Crippen molar-refractivity contribution in [1.29, 1.82) is 0 Å². The number of amides is 3. The van der Waals surface area contributed by atoms with Crippen molar-refractivity contribution >= 4 is 29.3 Å². The number of carbonyl (C=O) groups is 3. The first-order valence-corrected chi connectivity index (χ1v) is 10.4. The number of nitrogens with zero attached hydrogens (tertiary/aromatic N) is 2. The lowest BCUT2D eigenvalue weighted by Gasteiger charge is -2.57. The second-order valence-electron chi connectivity index (χ2n) is 8.89. The molecular formula is C19H27ClFN3O3. The normalized spacial score (nSPS) is 35.9. The van der Waals surface area contributed by atoms with Crippen LogP contribution in [-0.4, -0.2) is 65.9 Å². The summed E-state index contributed by atoms with van der Waals surface area (Å²) in [7, 11) is 0. The minimum Gasteiger partial charge on any atom is -0.343 e. The molecule has 4 saturated carbocycles. The van der Waals surface area contributed by atoms with E-state index in [1.54, 1.807) is 4.90 Å². The molecule has 5 aliphatic rings. The maximum absolute atomic E-state index is 13.3. The Morgan fingerprint density at radius 3 is 1.93 bits per heavy atom. The fourth-order valence-electron chi connectivity index (χ4n) is 6.22. The zero-order chi connectivity index (χ0) is 19.2. The highest BCUT2D eigenvalue weighted by molar-refractivity contribution is 6.29. The van der Waals surface area contributed by atoms with Gasteiger partial charge in [-0.25, -0.2) is 4.39 Å². The van der Waals surface area contributed by atoms with Gasteiger partial charge in [0, 0.05) is 26.2 Å². The van der Waals surface area contributed by atoms with E-state index in [9.17, 15) is 18.8 Å². The van der Waals surface area contributed by atoms with Crippen molar-refractivity contribution in [1.82, 2.24) is 15.1 Å². The van der Waals surface area contributed by atoms with E-state index in [0.29, 0.717) is 32.1 Å². The summed E-state index contributed by atoms with van der Waals surface area (Å²) in [5.74, 6) is 1.21. The SMILES string of the molecule is O=C(NCC(=O)N1CCN(C(=O)C23CC4CC(CC(C4)C2)C3)CC1)C(F)Cl. The number of carbonyl (C=O) groups excluding carboxylic acids is 3. The quantitative estimate of drug-likeness (QED) is 0.729. The highest BCUT2D eigenvalue weighted by Gasteiger charge is 2.55. The molecule has 1 heterocycles. The highest BCUT2D eigenvalue weighted by atomic mass is 35.5. The Morgan fingerprint density at radius 2 is 1.44 bits per heavy atom. The van der Waals surface area contributed by atoms with Crippen LogP contribution in [0.15, 0.2) is 0 Å². The van der Waals surface area contributed by atoms with E-state index >= 15 is 0 Å². The fourth-order valence-corrected chi connectivity index (χ4v) is 6.30. The Balaban J connectivity index is 1.30. The number of halogens is 2. The number of nitrogens with one attached hydrogen (secondary N) is 1. The Morgan fingerprint density at radius 1 is 0.963 bits per heavy atom. The maximum Gasteiger partial charge on any atom is 0.270 e. The summed E-state index contributed by atoms with van der Waals surface area (Å²) in [4.78, 5) is 40.2. The summed E-state index contributed by atoms with van der Waals surface area (Å²) in [6.07, 6.45) is 7.07. The molecule has 3 amide bonds. The first kappa shape index (κ1) is 19.0. The lowest BCUT2D eigenvalue weighted by molar-refractivity contribution is -0.160. The number of hydrogen-bond donors (Lipinski definition) is 1. The molecule has 1 aliphatic heterocycles. The third-order valence-electron chi connectivity index (χ3n) is 7.02. The van der Waals surface area contributed by atoms with Crippen LogP contribution < -0.4 is 5.32 Å². The molecule has 5 fully saturated rings. The van der Waals surface area contributed by atoms with Crippen LogP contribution in [0.5, 0.6) is 0 Å². The molecule has 4 bridgehead atoms. The zero-order valence-electron chi connectivity index (χ0n) is 15.5. The van der Waals surface area contributed by atoms with Crippen molar-refractivity contribution in [3.63, 3.8) is 0 Å². The minimum atomic E-state index is -2.15. The zero-order valence-corrected chi connectivity index (χ0v) is 16.2. The van der Waals surface area contributed by atoms with Gasteiger partial charge >= 0.3 is 0 Å². The van der Waals surface area contributed by atoms with E-state index in [2.05, 4.69) is 5.32 Å². The highest BCUT2D eigenvalue weighted by Crippen LogP contribution is 2.60. The van der Waals surface area contributed by atoms with Gasteiger partial charge in [-0.1, -0.05) is 11.6 Å². The van der Waals surface area contributed by atoms with Crippen molar-refractivity contribution in [2.75, 3.05) is 32.7 Å². The molecule has 6 nitrogen and oxygen atoms in total. The average molecular weight is 400 g/mol. The van der Waals surface area contributed by atoms with E-state index < -0.39 is 11.5 Å². The van der Waals surface area contributed by atoms with Crippen molar-refractivity contribution in [2.45, 2.75) is 44.2 Å². The van der Waals surface area contributed by atoms with E-state index in [1.807, 2.05) is 4.90 Å². The lowest BCUT2D eigenvalue weighted by atomic mass is 9.49. The van der Waals surface area contributed by atoms with Gasteiger partial charge in [0.15, 0.2) is 0 Å². The molecular weight excluding hydrogens is 373 g/mol. The first-order chi connectivity index (χ1) is 12.9. The third kappa shape index (κ3) is 3.67. The van der Waals surface area contributed by atoms with E-state index in [0.717, 1.165) is 37.0 Å². The van der Waals surface area contributed by atoms with E-state index in [-0.39, 0.29) is 17.9 Å². The Labute approximate surface area is 163 Å². The number of rotatable bonds is 4. The topological polar surface area (TPSA) is 69.7 Å². The van der Waals surface area contributed by atoms with Gasteiger partial charge in [0.25, 0.3) is 11.5 Å². The molecule has 150 valence electrons. The van der Waals surface area contributed by atoms with Crippen molar-refractivity contribution in [2.24, 2.45) is 23.2 Å². The summed E-state index contributed by atoms with van der Waals surface area (Å²) in [6, 6.07) is 0. The van der Waals surface area contributed by atoms with Crippen molar-refractivity contribution in [3.8, 4) is 0 Å². The number of piperazine rings is 1. The van der Waals surface area contributed by atoms with E-state index in [1.165, 1.54) is 19.3 Å². The van der Waals surface area contributed by atoms with Gasteiger partial charge < -0.3 is 15.1 Å². The van der Waals surface area contributed by atoms with Crippen LogP contribution in [0.3, 0.4) is 0 Å². The maximum atomic E-state index is 13.3. The fraction of sp³-hybridized carbons (Fsp3) is 0.842. The molecule has 1 N–H and O–H groups in total. The predicted octanol–water partition coefficient (Wildman–Crippen LogP) is 1.52. The number of hydrogen-bond acceptors (Lipinski definition) is 3. The molecule has 0 aromatic rings. The van der Waals surface area contributed by atoms with Crippen LogP contribution in [0.2, 0.25) is 0 Å². The molecule has 8 heteroatoms. The molecule has 5 rings (SSSR count). The van der Waals surface area contributed by atoms with Gasteiger partial charge in [-0.05, 0) is 56.3 Å². The predicted molar refractivity (Wildman–Crippen MR) is 97.5 cm³/mol. The van der Waals surface area contributed by atoms with Gasteiger partial charge in [-0.15, -0.1) is 0 Å². The molecule has 0 radical (unpaired) electrons. The van der Waals surface area contributed by atoms with Crippen LogP contribution in [0.1, 0.15) is 38.5 Å². The molecule has 0 spiro atoms. The summed E-state index contributed by atoms with van der Waals surface area (Å²) in [5.41, 5.74) is -2.29. The van der Waals surface area contributed by atoms with Crippen LogP contribution >= 0.6 is 11.6 Å². The summed E-state index contributed by atoms with van der Waals surface area (Å²) < 4.78 is 12.6. The van der Waals surface area contributed by atoms with Crippen LogP contribution in [0.25, 0.3) is 0 Å². The summed E-state index contributed by atoms with van der Waals surface area (Å²) in [6.45, 7) is 1.69. The van der Waals surface area contributed by atoms with Gasteiger partial charge in [0.1, 0.15) is 0 Å². The second kappa shape index (κ2) is 7.22. The summed E-state index contributed by atoms with van der Waals surface area (Å²) in [5, 5.41) is 2.18. The van der Waals surface area contributed by atoms with Gasteiger partial charge in [0.2, 0.25) is 11.8 Å². The largest absolute Gasteiger partial charge is 0.343 e. The number of alkyl halides is 2. The first-order valence-electron chi connectivity index (χ1n) is 9.99. The van der Waals surface area contributed by atoms with Crippen molar-refractivity contribution < 1.29 is 18.8 Å². The molecule has 27 heavy (non-hydrogen) atoms. The molecule has 1 atom stereocenters. The monoisotopic (exact) mass is 399 g/mol. The Hall–Kier alpha value is -1.37. The third-order valence-corrected chi connectivity index (χ3v) is 7.22. The average Bonchev–Trinajstić information content (AvgIpc) is 2.64. The molecule has 1 unspecified atom stereocenters. The van der Waals surface area contributed by atoms with Gasteiger partial charge in [0.05, 0.1) is 12.0 Å². The lowest BCUT2D eigenvalue weighted by Crippen LogP contribution is -2.59. The van der Waals surface area contributed by atoms with Crippen LogP contribution in [0, 0.1) is 23.2 Å². The van der Waals surface area contributed by atoms with Crippen LogP contribution in [0.4, 0.5) is 4.39 Å². The standard InChI is InChI=1S/C19H27ClFN3O3/c20-16(21)17(26)22-11-15(25)23-1-3-24(4-2-23)18(27)19-8-12-5-13(9-19)7-14(6-12)10-19/h12-14,16H,1-11H2,(H,22,26). The molecule has 0 aromatic heterocycles. The smallest absolute Gasteiger partial charge is 0.270 e. The second-order valence-corrected chi connectivity index (χ2v) is 9.27. The van der Waals surface area contributed by atoms with Crippen molar-refractivity contribution in [3.05, 3.63) is 0 Å². The van der Waals surface area contributed by atoms with Gasteiger partial charge in [-0.3, -0.25) is 14.4 Å².